The van der Waals surface area contributed by atoms with Crippen molar-refractivity contribution in [2.24, 2.45) is 4.99 Å². The minimum absolute atomic E-state index is 0. The average Bonchev–Trinajstić information content (AvgIpc) is 2.65. The molecule has 5 nitrogen and oxygen atoms in total. The number of hydrogen-bond donors (Lipinski definition) is 2. The first-order chi connectivity index (χ1) is 12.2. The third-order valence-corrected chi connectivity index (χ3v) is 4.19. The predicted octanol–water partition coefficient (Wildman–Crippen LogP) is 3.63. The van der Waals surface area contributed by atoms with Gasteiger partial charge in [0.25, 0.3) is 0 Å². The van der Waals surface area contributed by atoms with Gasteiger partial charge >= 0.3 is 0 Å². The molecular weight excluding hydrogens is 439 g/mol. The quantitative estimate of drug-likeness (QED) is 0.209. The Bertz CT molecular complexity index is 492. The van der Waals surface area contributed by atoms with Crippen LogP contribution in [-0.2, 0) is 17.8 Å². The molecule has 0 aliphatic rings. The fourth-order valence-electron chi connectivity index (χ4n) is 2.63. The number of hydrogen-bond acceptors (Lipinski definition) is 3. The first-order valence-electron chi connectivity index (χ1n) is 9.55. The maximum atomic E-state index is 5.35. The van der Waals surface area contributed by atoms with Gasteiger partial charge in [-0.2, -0.15) is 0 Å². The van der Waals surface area contributed by atoms with Gasteiger partial charge in [-0.15, -0.1) is 24.0 Å². The molecule has 6 heteroatoms. The van der Waals surface area contributed by atoms with E-state index in [0.29, 0.717) is 0 Å². The lowest BCUT2D eigenvalue weighted by molar-refractivity contribution is 0.143. The number of rotatable bonds is 12. The van der Waals surface area contributed by atoms with Gasteiger partial charge in [-0.1, -0.05) is 38.1 Å². The largest absolute Gasteiger partial charge is 0.382 e. The standard InChI is InChI=1S/C20H36N4O.HI/c1-5-24(6-2)17-19-12-10-11-18(15-19)16-23-20(21-4)22-13-8-9-14-25-7-3;/h10-12,15H,5-9,13-14,16-17H2,1-4H3,(H2,21,22,23);1H. The summed E-state index contributed by atoms with van der Waals surface area (Å²) in [6, 6.07) is 8.78. The van der Waals surface area contributed by atoms with Gasteiger partial charge in [0, 0.05) is 39.9 Å². The zero-order valence-corrected chi connectivity index (χ0v) is 19.2. The van der Waals surface area contributed by atoms with Crippen LogP contribution >= 0.6 is 24.0 Å². The molecule has 0 bridgehead atoms. The van der Waals surface area contributed by atoms with Crippen molar-refractivity contribution in [2.75, 3.05) is 39.9 Å². The summed E-state index contributed by atoms with van der Waals surface area (Å²) in [6.07, 6.45) is 2.16. The number of aliphatic imine (C=N–C) groups is 1. The first-order valence-corrected chi connectivity index (χ1v) is 9.55. The van der Waals surface area contributed by atoms with E-state index in [-0.39, 0.29) is 24.0 Å². The van der Waals surface area contributed by atoms with Crippen LogP contribution in [0.4, 0.5) is 0 Å². The lowest BCUT2D eigenvalue weighted by Gasteiger charge is -2.18. The van der Waals surface area contributed by atoms with Crippen molar-refractivity contribution in [3.05, 3.63) is 35.4 Å². The number of halogens is 1. The molecule has 1 aromatic rings. The van der Waals surface area contributed by atoms with E-state index in [4.69, 9.17) is 4.74 Å². The second kappa shape index (κ2) is 16.3. The van der Waals surface area contributed by atoms with Gasteiger partial charge in [-0.05, 0) is 44.0 Å². The van der Waals surface area contributed by atoms with E-state index in [9.17, 15) is 0 Å². The monoisotopic (exact) mass is 476 g/mol. The number of nitrogens with zero attached hydrogens (tertiary/aromatic N) is 2. The van der Waals surface area contributed by atoms with Crippen LogP contribution in [0.3, 0.4) is 0 Å². The second-order valence-corrected chi connectivity index (χ2v) is 6.04. The molecule has 26 heavy (non-hydrogen) atoms. The van der Waals surface area contributed by atoms with Crippen LogP contribution in [0.5, 0.6) is 0 Å². The first kappa shape index (κ1) is 25.1. The highest BCUT2D eigenvalue weighted by Gasteiger charge is 2.03. The summed E-state index contributed by atoms with van der Waals surface area (Å²) in [7, 11) is 1.81. The fraction of sp³-hybridized carbons (Fsp3) is 0.650. The Hall–Kier alpha value is -0.860. The highest BCUT2D eigenvalue weighted by Crippen LogP contribution is 2.08. The highest BCUT2D eigenvalue weighted by molar-refractivity contribution is 14.0. The molecular formula is C20H37IN4O. The van der Waals surface area contributed by atoms with Gasteiger partial charge in [-0.25, -0.2) is 0 Å². The van der Waals surface area contributed by atoms with Crippen LogP contribution in [-0.4, -0.2) is 50.8 Å². The Labute approximate surface area is 177 Å². The van der Waals surface area contributed by atoms with E-state index in [1.807, 2.05) is 14.0 Å². The predicted molar refractivity (Wildman–Crippen MR) is 122 cm³/mol. The molecule has 0 atom stereocenters. The minimum Gasteiger partial charge on any atom is -0.382 e. The molecule has 0 fully saturated rings. The molecule has 0 saturated carbocycles. The summed E-state index contributed by atoms with van der Waals surface area (Å²) >= 11 is 0. The van der Waals surface area contributed by atoms with Gasteiger partial charge in [0.05, 0.1) is 0 Å². The summed E-state index contributed by atoms with van der Waals surface area (Å²) < 4.78 is 5.35. The van der Waals surface area contributed by atoms with Crippen LogP contribution < -0.4 is 10.6 Å². The Balaban J connectivity index is 0.00000625. The molecule has 1 aromatic carbocycles. The Morgan fingerprint density at radius 3 is 2.46 bits per heavy atom. The third kappa shape index (κ3) is 11.0. The summed E-state index contributed by atoms with van der Waals surface area (Å²) in [6.45, 7) is 12.9. The molecule has 150 valence electrons. The molecule has 0 spiro atoms. The maximum absolute atomic E-state index is 5.35. The average molecular weight is 476 g/mol. The van der Waals surface area contributed by atoms with Crippen LogP contribution in [0.2, 0.25) is 0 Å². The Morgan fingerprint density at radius 2 is 1.81 bits per heavy atom. The van der Waals surface area contributed by atoms with Gasteiger partial charge in [0.15, 0.2) is 5.96 Å². The molecule has 0 aliphatic heterocycles. The molecule has 0 unspecified atom stereocenters. The van der Waals surface area contributed by atoms with Crippen molar-refractivity contribution < 1.29 is 4.74 Å². The number of unbranched alkanes of at least 4 members (excludes halogenated alkanes) is 1. The topological polar surface area (TPSA) is 48.9 Å². The van der Waals surface area contributed by atoms with Gasteiger partial charge < -0.3 is 15.4 Å². The van der Waals surface area contributed by atoms with E-state index < -0.39 is 0 Å². The SMILES string of the molecule is CCOCCCCNC(=NC)NCc1cccc(CN(CC)CC)c1.I. The van der Waals surface area contributed by atoms with Gasteiger partial charge in [-0.3, -0.25) is 9.89 Å². The summed E-state index contributed by atoms with van der Waals surface area (Å²) in [4.78, 5) is 6.72. The molecule has 0 radical (unpaired) electrons. The van der Waals surface area contributed by atoms with E-state index in [2.05, 4.69) is 58.6 Å². The Morgan fingerprint density at radius 1 is 1.08 bits per heavy atom. The molecule has 0 aliphatic carbocycles. The minimum atomic E-state index is 0. The van der Waals surface area contributed by atoms with Crippen molar-refractivity contribution in [1.82, 2.24) is 15.5 Å². The van der Waals surface area contributed by atoms with Crippen molar-refractivity contribution in [3.63, 3.8) is 0 Å². The molecule has 2 N–H and O–H groups in total. The second-order valence-electron chi connectivity index (χ2n) is 6.04. The maximum Gasteiger partial charge on any atom is 0.191 e. The smallest absolute Gasteiger partial charge is 0.191 e. The summed E-state index contributed by atoms with van der Waals surface area (Å²) in [5, 5.41) is 6.75. The van der Waals surface area contributed by atoms with Crippen LogP contribution in [0.1, 0.15) is 44.7 Å². The van der Waals surface area contributed by atoms with Crippen molar-refractivity contribution in [2.45, 2.75) is 46.7 Å². The van der Waals surface area contributed by atoms with Crippen molar-refractivity contribution in [3.8, 4) is 0 Å². The zero-order chi connectivity index (χ0) is 18.3. The number of nitrogens with one attached hydrogen (secondary N) is 2. The van der Waals surface area contributed by atoms with Crippen molar-refractivity contribution in [1.29, 1.82) is 0 Å². The summed E-state index contributed by atoms with van der Waals surface area (Å²) in [5.74, 6) is 0.852. The Kier molecular flexibility index (Phi) is 15.8. The van der Waals surface area contributed by atoms with Gasteiger partial charge in [0.1, 0.15) is 0 Å². The molecule has 0 saturated heterocycles. The van der Waals surface area contributed by atoms with E-state index in [1.54, 1.807) is 0 Å². The van der Waals surface area contributed by atoms with Crippen LogP contribution in [0.15, 0.2) is 29.3 Å². The highest BCUT2D eigenvalue weighted by atomic mass is 127. The summed E-state index contributed by atoms with van der Waals surface area (Å²) in [5.41, 5.74) is 2.64. The number of benzene rings is 1. The molecule has 0 heterocycles. The van der Waals surface area contributed by atoms with Crippen LogP contribution in [0, 0.1) is 0 Å². The lowest BCUT2D eigenvalue weighted by Crippen LogP contribution is -2.37. The lowest BCUT2D eigenvalue weighted by atomic mass is 10.1. The molecule has 0 aromatic heterocycles. The van der Waals surface area contributed by atoms with Crippen molar-refractivity contribution >= 4 is 29.9 Å². The normalized spacial score (nSPS) is 11.3. The van der Waals surface area contributed by atoms with E-state index in [0.717, 1.165) is 64.7 Å². The number of guanidine groups is 1. The zero-order valence-electron chi connectivity index (χ0n) is 16.9. The van der Waals surface area contributed by atoms with E-state index in [1.165, 1.54) is 11.1 Å². The third-order valence-electron chi connectivity index (χ3n) is 4.19. The number of ether oxygens (including phenoxy) is 1. The van der Waals surface area contributed by atoms with Crippen LogP contribution in [0.25, 0.3) is 0 Å². The van der Waals surface area contributed by atoms with E-state index >= 15 is 0 Å². The molecule has 1 rings (SSSR count). The molecule has 0 amide bonds. The fourth-order valence-corrected chi connectivity index (χ4v) is 2.63. The van der Waals surface area contributed by atoms with Gasteiger partial charge in [0.2, 0.25) is 0 Å².